The molecule has 8 nitrogen and oxygen atoms in total. The van der Waals surface area contributed by atoms with Crippen molar-refractivity contribution in [3.8, 4) is 11.1 Å². The van der Waals surface area contributed by atoms with Gasteiger partial charge in [-0.1, -0.05) is 12.1 Å². The predicted octanol–water partition coefficient (Wildman–Crippen LogP) is 1.33. The number of hydrogen-bond acceptors (Lipinski definition) is 5. The van der Waals surface area contributed by atoms with E-state index in [0.717, 1.165) is 33.3 Å². The summed E-state index contributed by atoms with van der Waals surface area (Å²) >= 11 is 0. The van der Waals surface area contributed by atoms with Gasteiger partial charge in [0.05, 0.1) is 24.2 Å². The molecule has 2 aliphatic rings. The third-order valence-corrected chi connectivity index (χ3v) is 5.64. The number of hydrogen-bond donors (Lipinski definition) is 3. The van der Waals surface area contributed by atoms with Crippen LogP contribution in [0, 0.1) is 6.92 Å². The van der Waals surface area contributed by atoms with Crippen LogP contribution in [-0.2, 0) is 16.1 Å². The quantitative estimate of drug-likeness (QED) is 0.466. The highest BCUT2D eigenvalue weighted by Gasteiger charge is 2.53. The van der Waals surface area contributed by atoms with Crippen molar-refractivity contribution in [2.45, 2.75) is 19.1 Å². The van der Waals surface area contributed by atoms with Gasteiger partial charge in [0.2, 0.25) is 0 Å². The lowest BCUT2D eigenvalue weighted by atomic mass is 9.95. The summed E-state index contributed by atoms with van der Waals surface area (Å²) in [7, 11) is 0. The number of carbonyl (C=O) groups excluding carboxylic acids is 2. The SMILES string of the molecule is Cc1[nH]nc2ccc(-c3ccc(N)c4c3CN(CC3(C(N)=O)CO3)C4=O)cc12. The standard InChI is InChI=1S/C20H19N5O3/c1-10-13-6-11(2-5-16(13)24-23-10)12-3-4-15(21)17-14(12)7-25(18(17)26)8-20(9-28-20)19(22)27/h2-6H,7-9,21H2,1H3,(H2,22,27)(H,23,24). The Balaban J connectivity index is 1.57. The Hall–Kier alpha value is -3.39. The molecule has 2 aliphatic heterocycles. The molecule has 5 rings (SSSR count). The molecular formula is C20H19N5O3. The van der Waals surface area contributed by atoms with E-state index in [4.69, 9.17) is 16.2 Å². The molecule has 2 aromatic carbocycles. The Labute approximate surface area is 160 Å². The highest BCUT2D eigenvalue weighted by atomic mass is 16.6. The van der Waals surface area contributed by atoms with Crippen LogP contribution in [0.3, 0.4) is 0 Å². The molecule has 0 saturated carbocycles. The number of nitrogen functional groups attached to an aromatic ring is 1. The Kier molecular flexibility index (Phi) is 3.33. The van der Waals surface area contributed by atoms with Gasteiger partial charge in [-0.05, 0) is 41.8 Å². The molecule has 2 amide bonds. The Bertz CT molecular complexity index is 1160. The summed E-state index contributed by atoms with van der Waals surface area (Å²) in [6.45, 7) is 2.70. The number of H-pyrrole nitrogens is 1. The molecule has 142 valence electrons. The Morgan fingerprint density at radius 1 is 1.36 bits per heavy atom. The zero-order valence-electron chi connectivity index (χ0n) is 15.3. The molecule has 1 fully saturated rings. The van der Waals surface area contributed by atoms with Gasteiger partial charge in [-0.25, -0.2) is 0 Å². The average Bonchev–Trinajstić information content (AvgIpc) is 3.27. The van der Waals surface area contributed by atoms with Gasteiger partial charge < -0.3 is 21.1 Å². The number of anilines is 1. The van der Waals surface area contributed by atoms with Crippen molar-refractivity contribution in [3.63, 3.8) is 0 Å². The number of amides is 2. The van der Waals surface area contributed by atoms with Crippen LogP contribution >= 0.6 is 0 Å². The van der Waals surface area contributed by atoms with E-state index in [9.17, 15) is 9.59 Å². The molecule has 5 N–H and O–H groups in total. The van der Waals surface area contributed by atoms with Crippen molar-refractivity contribution in [3.05, 3.63) is 47.2 Å². The number of rotatable bonds is 4. The van der Waals surface area contributed by atoms with Crippen LogP contribution in [-0.4, -0.2) is 45.7 Å². The predicted molar refractivity (Wildman–Crippen MR) is 103 cm³/mol. The monoisotopic (exact) mass is 377 g/mol. The van der Waals surface area contributed by atoms with Gasteiger partial charge >= 0.3 is 0 Å². The second kappa shape index (κ2) is 5.56. The molecule has 0 bridgehead atoms. The first-order valence-electron chi connectivity index (χ1n) is 8.99. The normalized spacial score (nSPS) is 20.6. The zero-order valence-corrected chi connectivity index (χ0v) is 15.3. The van der Waals surface area contributed by atoms with Crippen molar-refractivity contribution in [2.24, 2.45) is 5.73 Å². The first kappa shape index (κ1) is 16.8. The number of fused-ring (bicyclic) bond motifs is 2. The van der Waals surface area contributed by atoms with E-state index in [1.807, 2.05) is 25.1 Å². The van der Waals surface area contributed by atoms with Crippen LogP contribution in [0.5, 0.6) is 0 Å². The van der Waals surface area contributed by atoms with Crippen LogP contribution in [0.4, 0.5) is 5.69 Å². The maximum atomic E-state index is 13.0. The minimum absolute atomic E-state index is 0.134. The van der Waals surface area contributed by atoms with Crippen LogP contribution < -0.4 is 11.5 Å². The number of nitrogens with one attached hydrogen (secondary N) is 1. The van der Waals surface area contributed by atoms with Gasteiger partial charge in [0.1, 0.15) is 0 Å². The van der Waals surface area contributed by atoms with E-state index in [0.29, 0.717) is 17.8 Å². The van der Waals surface area contributed by atoms with Gasteiger partial charge in [0, 0.05) is 23.3 Å². The van der Waals surface area contributed by atoms with Crippen molar-refractivity contribution in [1.82, 2.24) is 15.1 Å². The highest BCUT2D eigenvalue weighted by Crippen LogP contribution is 2.39. The van der Waals surface area contributed by atoms with Gasteiger partial charge in [-0.3, -0.25) is 14.7 Å². The van der Waals surface area contributed by atoms with E-state index < -0.39 is 11.5 Å². The topological polar surface area (TPSA) is 131 Å². The van der Waals surface area contributed by atoms with E-state index in [1.54, 1.807) is 11.0 Å². The number of benzene rings is 2. The molecule has 1 unspecified atom stereocenters. The zero-order chi connectivity index (χ0) is 19.6. The smallest absolute Gasteiger partial charge is 0.256 e. The van der Waals surface area contributed by atoms with Crippen LogP contribution in [0.25, 0.3) is 22.0 Å². The molecule has 0 spiro atoms. The summed E-state index contributed by atoms with van der Waals surface area (Å²) < 4.78 is 5.25. The van der Waals surface area contributed by atoms with E-state index in [1.165, 1.54) is 0 Å². The van der Waals surface area contributed by atoms with Crippen LogP contribution in [0.1, 0.15) is 21.6 Å². The number of ether oxygens (including phenoxy) is 1. The summed E-state index contributed by atoms with van der Waals surface area (Å²) in [5.41, 5.74) is 16.0. The van der Waals surface area contributed by atoms with Gasteiger partial charge in [-0.15, -0.1) is 0 Å². The summed E-state index contributed by atoms with van der Waals surface area (Å²) in [5, 5.41) is 8.28. The van der Waals surface area contributed by atoms with Gasteiger partial charge in [0.15, 0.2) is 5.60 Å². The molecule has 1 atom stereocenters. The van der Waals surface area contributed by atoms with Crippen molar-refractivity contribution >= 4 is 28.4 Å². The second-order valence-corrected chi connectivity index (χ2v) is 7.44. The number of aryl methyl sites for hydroxylation is 1. The minimum Gasteiger partial charge on any atom is -0.398 e. The first-order valence-corrected chi connectivity index (χ1v) is 8.99. The maximum absolute atomic E-state index is 13.0. The molecule has 0 radical (unpaired) electrons. The van der Waals surface area contributed by atoms with Crippen molar-refractivity contribution in [2.75, 3.05) is 18.9 Å². The van der Waals surface area contributed by atoms with E-state index in [2.05, 4.69) is 16.3 Å². The van der Waals surface area contributed by atoms with Gasteiger partial charge in [-0.2, -0.15) is 5.10 Å². The highest BCUT2D eigenvalue weighted by molar-refractivity contribution is 6.06. The summed E-state index contributed by atoms with van der Waals surface area (Å²) in [6.07, 6.45) is 0. The number of aromatic nitrogens is 2. The fraction of sp³-hybridized carbons (Fsp3) is 0.250. The maximum Gasteiger partial charge on any atom is 0.256 e. The third kappa shape index (κ3) is 2.31. The van der Waals surface area contributed by atoms with Crippen molar-refractivity contribution < 1.29 is 14.3 Å². The largest absolute Gasteiger partial charge is 0.398 e. The lowest BCUT2D eigenvalue weighted by Crippen LogP contribution is -2.43. The van der Waals surface area contributed by atoms with Gasteiger partial charge in [0.25, 0.3) is 11.8 Å². The lowest BCUT2D eigenvalue weighted by molar-refractivity contribution is -0.123. The molecule has 3 heterocycles. The third-order valence-electron chi connectivity index (χ3n) is 5.64. The Morgan fingerprint density at radius 3 is 2.86 bits per heavy atom. The molecule has 1 saturated heterocycles. The Morgan fingerprint density at radius 2 is 2.14 bits per heavy atom. The second-order valence-electron chi connectivity index (χ2n) is 7.44. The van der Waals surface area contributed by atoms with Crippen molar-refractivity contribution in [1.29, 1.82) is 0 Å². The number of nitrogens with two attached hydrogens (primary N) is 2. The molecular weight excluding hydrogens is 358 g/mol. The molecule has 8 heteroatoms. The fourth-order valence-corrected chi connectivity index (χ4v) is 3.91. The number of aromatic amines is 1. The average molecular weight is 377 g/mol. The number of carbonyl (C=O) groups is 2. The molecule has 0 aliphatic carbocycles. The van der Waals surface area contributed by atoms with Crippen LogP contribution in [0.2, 0.25) is 0 Å². The number of nitrogens with zero attached hydrogens (tertiary/aromatic N) is 2. The summed E-state index contributed by atoms with van der Waals surface area (Å²) in [4.78, 5) is 26.2. The summed E-state index contributed by atoms with van der Waals surface area (Å²) in [6, 6.07) is 9.67. The molecule has 3 aromatic rings. The minimum atomic E-state index is -1.07. The number of epoxide rings is 1. The van der Waals surface area contributed by atoms with E-state index >= 15 is 0 Å². The molecule has 28 heavy (non-hydrogen) atoms. The molecule has 1 aromatic heterocycles. The lowest BCUT2D eigenvalue weighted by Gasteiger charge is -2.19. The summed E-state index contributed by atoms with van der Waals surface area (Å²) in [5.74, 6) is -0.753. The first-order chi connectivity index (χ1) is 13.4. The van der Waals surface area contributed by atoms with Crippen LogP contribution in [0.15, 0.2) is 30.3 Å². The fourth-order valence-electron chi connectivity index (χ4n) is 3.91. The number of primary amides is 1. The van der Waals surface area contributed by atoms with E-state index in [-0.39, 0.29) is 19.1 Å².